The van der Waals surface area contributed by atoms with Crippen LogP contribution in [0.4, 0.5) is 9.59 Å². The molecule has 0 unspecified atom stereocenters. The maximum Gasteiger partial charge on any atom is 0.411 e. The third kappa shape index (κ3) is 12.7. The van der Waals surface area contributed by atoms with Crippen LogP contribution in [0.3, 0.4) is 0 Å². The van der Waals surface area contributed by atoms with Crippen LogP contribution in [-0.4, -0.2) is 96.6 Å². The molecule has 2 fully saturated rings. The highest BCUT2D eigenvalue weighted by Gasteiger charge is 2.39. The number of carbonyl (C=O) groups excluding carboxylic acids is 4. The number of piperidine rings is 2. The number of methoxy groups -OCH3 is 2. The van der Waals surface area contributed by atoms with Crippen molar-refractivity contribution in [2.45, 2.75) is 103 Å². The Morgan fingerprint density at radius 1 is 0.658 bits per heavy atom. The molecule has 4 N–H and O–H groups in total. The number of rotatable bonds is 2. The van der Waals surface area contributed by atoms with Crippen LogP contribution in [0.2, 0.25) is 0 Å². The van der Waals surface area contributed by atoms with Crippen molar-refractivity contribution >= 4 is 48.9 Å². The topological polar surface area (TPSA) is 164 Å². The zero-order valence-electron chi connectivity index (χ0n) is 23.7. The van der Waals surface area contributed by atoms with E-state index in [1.165, 1.54) is 24.0 Å². The van der Waals surface area contributed by atoms with Crippen LogP contribution in [0.25, 0.3) is 0 Å². The summed E-state index contributed by atoms with van der Waals surface area (Å²) < 4.78 is 20.0. The fraction of sp³-hybridized carbons (Fsp3) is 0.833. The van der Waals surface area contributed by atoms with Gasteiger partial charge in [0.25, 0.3) is 0 Å². The van der Waals surface area contributed by atoms with Gasteiger partial charge in [0.15, 0.2) is 0 Å². The zero-order valence-corrected chi connectivity index (χ0v) is 25.3. The average molecular weight is 590 g/mol. The predicted molar refractivity (Wildman–Crippen MR) is 146 cm³/mol. The summed E-state index contributed by atoms with van der Waals surface area (Å²) >= 11 is 0. The van der Waals surface area contributed by atoms with Crippen molar-refractivity contribution < 1.29 is 38.1 Å². The van der Waals surface area contributed by atoms with Crippen molar-refractivity contribution in [2.24, 2.45) is 11.5 Å². The first-order valence-electron chi connectivity index (χ1n) is 12.1. The molecule has 0 saturated carbocycles. The maximum absolute atomic E-state index is 12.0. The van der Waals surface area contributed by atoms with Gasteiger partial charge in [-0.15, -0.1) is 24.8 Å². The van der Waals surface area contributed by atoms with Gasteiger partial charge in [-0.3, -0.25) is 9.80 Å². The minimum atomic E-state index is -0.645. The molecule has 224 valence electrons. The highest BCUT2D eigenvalue weighted by Crippen LogP contribution is 2.22. The van der Waals surface area contributed by atoms with Crippen LogP contribution < -0.4 is 11.5 Å². The molecule has 0 spiro atoms. The zero-order chi connectivity index (χ0) is 27.8. The Morgan fingerprint density at radius 2 is 0.947 bits per heavy atom. The number of hydrogen-bond acceptors (Lipinski definition) is 10. The summed E-state index contributed by atoms with van der Waals surface area (Å²) in [5, 5.41) is 0. The van der Waals surface area contributed by atoms with Gasteiger partial charge in [-0.05, 0) is 67.2 Å². The maximum atomic E-state index is 12.0. The number of likely N-dealkylation sites (tertiary alicyclic amines) is 2. The summed E-state index contributed by atoms with van der Waals surface area (Å²) in [7, 11) is 2.60. The molecule has 0 aromatic carbocycles. The normalized spacial score (nSPS) is 23.3. The summed E-state index contributed by atoms with van der Waals surface area (Å²) in [6, 6.07) is -1.47. The standard InChI is InChI=1S/2C12H22N2O4.2ClH/c2*1-12(2,3)18-11(16)14-6-5-8(13)7-9(14)10(15)17-4;;/h2*8-9H,5-7,13H2,1-4H3;2*1H/t2*8-,9-;;/m10../s1. The van der Waals surface area contributed by atoms with Gasteiger partial charge in [0.05, 0.1) is 14.2 Å². The summed E-state index contributed by atoms with van der Waals surface area (Å²) in [6.07, 6.45) is 1.15. The molecule has 0 radical (unpaired) electrons. The Balaban J connectivity index is 0. The van der Waals surface area contributed by atoms with E-state index in [4.69, 9.17) is 30.4 Å². The monoisotopic (exact) mass is 588 g/mol. The molecule has 2 heterocycles. The second kappa shape index (κ2) is 16.2. The van der Waals surface area contributed by atoms with Gasteiger partial charge in [-0.1, -0.05) is 0 Å². The van der Waals surface area contributed by atoms with Crippen molar-refractivity contribution in [1.29, 1.82) is 0 Å². The smallest absolute Gasteiger partial charge is 0.411 e. The van der Waals surface area contributed by atoms with E-state index in [0.29, 0.717) is 38.8 Å². The number of esters is 2. The number of halogens is 2. The van der Waals surface area contributed by atoms with Crippen molar-refractivity contribution in [2.75, 3.05) is 27.3 Å². The predicted octanol–water partition coefficient (Wildman–Crippen LogP) is 2.62. The van der Waals surface area contributed by atoms with Crippen LogP contribution in [0.5, 0.6) is 0 Å². The molecule has 2 rings (SSSR count). The molecule has 2 aliphatic heterocycles. The molecule has 38 heavy (non-hydrogen) atoms. The molecule has 0 bridgehead atoms. The summed E-state index contributed by atoms with van der Waals surface area (Å²) in [4.78, 5) is 50.2. The van der Waals surface area contributed by atoms with E-state index in [1.807, 2.05) is 0 Å². The number of amides is 2. The Bertz CT molecular complexity index is 724. The van der Waals surface area contributed by atoms with E-state index in [9.17, 15) is 19.2 Å². The largest absolute Gasteiger partial charge is 0.467 e. The summed E-state index contributed by atoms with van der Waals surface area (Å²) in [5.41, 5.74) is 10.5. The Labute approximate surface area is 238 Å². The van der Waals surface area contributed by atoms with Crippen LogP contribution in [0, 0.1) is 0 Å². The van der Waals surface area contributed by atoms with Crippen molar-refractivity contribution in [3.8, 4) is 0 Å². The van der Waals surface area contributed by atoms with Gasteiger partial charge in [0.1, 0.15) is 23.3 Å². The SMILES string of the molecule is COC(=O)[C@@H]1C[C@@H](N)CCN1C(=O)OC(C)(C)C.COC(=O)[C@H]1C[C@H](N)CCN1C(=O)OC(C)(C)C.Cl.Cl. The van der Waals surface area contributed by atoms with E-state index in [0.717, 1.165) is 0 Å². The molecule has 4 atom stereocenters. The van der Waals surface area contributed by atoms with Crippen molar-refractivity contribution in [3.05, 3.63) is 0 Å². The number of nitrogens with zero attached hydrogens (tertiary/aromatic N) is 2. The molecular formula is C24H46Cl2N4O8. The Kier molecular flexibility index (Phi) is 16.2. The lowest BCUT2D eigenvalue weighted by Gasteiger charge is -2.37. The average Bonchev–Trinajstić information content (AvgIpc) is 2.75. The Morgan fingerprint density at radius 3 is 1.18 bits per heavy atom. The van der Waals surface area contributed by atoms with Crippen LogP contribution in [-0.2, 0) is 28.5 Å². The fourth-order valence-electron chi connectivity index (χ4n) is 3.78. The number of carbonyl (C=O) groups is 4. The number of hydrogen-bond donors (Lipinski definition) is 2. The van der Waals surface area contributed by atoms with Crippen molar-refractivity contribution in [3.63, 3.8) is 0 Å². The minimum Gasteiger partial charge on any atom is -0.467 e. The lowest BCUT2D eigenvalue weighted by molar-refractivity contribution is -0.148. The van der Waals surface area contributed by atoms with Gasteiger partial charge in [0, 0.05) is 25.2 Å². The molecule has 14 heteroatoms. The van der Waals surface area contributed by atoms with Crippen LogP contribution in [0.15, 0.2) is 0 Å². The first-order chi connectivity index (χ1) is 16.5. The molecule has 2 saturated heterocycles. The van der Waals surface area contributed by atoms with E-state index in [2.05, 4.69) is 0 Å². The lowest BCUT2D eigenvalue weighted by Crippen LogP contribution is -2.54. The van der Waals surface area contributed by atoms with Gasteiger partial charge in [-0.2, -0.15) is 0 Å². The molecule has 0 aromatic rings. The second-order valence-electron chi connectivity index (χ2n) is 11.0. The van der Waals surface area contributed by atoms with E-state index in [1.54, 1.807) is 41.5 Å². The first kappa shape index (κ1) is 38.1. The summed E-state index contributed by atoms with van der Waals surface area (Å²) in [6.45, 7) is 11.5. The fourth-order valence-corrected chi connectivity index (χ4v) is 3.78. The van der Waals surface area contributed by atoms with Crippen LogP contribution >= 0.6 is 24.8 Å². The minimum absolute atomic E-state index is 0. The Hall–Kier alpha value is -2.02. The van der Waals surface area contributed by atoms with Gasteiger partial charge >= 0.3 is 24.1 Å². The van der Waals surface area contributed by atoms with Crippen LogP contribution in [0.1, 0.15) is 67.2 Å². The molecule has 12 nitrogen and oxygen atoms in total. The molecule has 0 aliphatic carbocycles. The van der Waals surface area contributed by atoms with Crippen molar-refractivity contribution in [1.82, 2.24) is 9.80 Å². The van der Waals surface area contributed by atoms with E-state index in [-0.39, 0.29) is 36.9 Å². The quantitative estimate of drug-likeness (QED) is 0.361. The van der Waals surface area contributed by atoms with Gasteiger partial charge in [-0.25, -0.2) is 19.2 Å². The first-order valence-corrected chi connectivity index (χ1v) is 12.1. The molecule has 2 amide bonds. The highest BCUT2D eigenvalue weighted by molar-refractivity contribution is 5.85. The van der Waals surface area contributed by atoms with E-state index < -0.39 is 47.4 Å². The van der Waals surface area contributed by atoms with Gasteiger partial charge in [0.2, 0.25) is 0 Å². The molecular weight excluding hydrogens is 543 g/mol. The number of ether oxygens (including phenoxy) is 4. The molecule has 0 aromatic heterocycles. The highest BCUT2D eigenvalue weighted by atomic mass is 35.5. The number of nitrogens with two attached hydrogens (primary N) is 2. The third-order valence-electron chi connectivity index (χ3n) is 5.49. The molecule has 2 aliphatic rings. The summed E-state index contributed by atoms with van der Waals surface area (Å²) in [5.74, 6) is -0.896. The third-order valence-corrected chi connectivity index (χ3v) is 5.49. The second-order valence-corrected chi connectivity index (χ2v) is 11.0. The van der Waals surface area contributed by atoms with E-state index >= 15 is 0 Å². The lowest BCUT2D eigenvalue weighted by atomic mass is 9.98. The van der Waals surface area contributed by atoms with Gasteiger partial charge < -0.3 is 30.4 Å².